The van der Waals surface area contributed by atoms with Gasteiger partial charge < -0.3 is 19.5 Å². The molecule has 3 rings (SSSR count). The van der Waals surface area contributed by atoms with Crippen molar-refractivity contribution in [2.24, 2.45) is 0 Å². The third kappa shape index (κ3) is 2.71. The highest BCUT2D eigenvalue weighted by molar-refractivity contribution is 5.23. The number of hydrogen-bond donors (Lipinski definition) is 1. The van der Waals surface area contributed by atoms with E-state index in [4.69, 9.17) is 14.6 Å². The average molecular weight is 273 g/mol. The molecular formula is C16H19NO3. The standard InChI is InChI=1S/C16H19NO3/c18-11-5-10-17-9-4-8-15-14(17)12-19-16(20-15)13-6-2-1-3-7-13/h1-4,6-9,14,16,18H,5,10-12H2. The van der Waals surface area contributed by atoms with Gasteiger partial charge in [0.05, 0.1) is 6.61 Å². The van der Waals surface area contributed by atoms with Crippen LogP contribution in [-0.2, 0) is 9.47 Å². The van der Waals surface area contributed by atoms with E-state index in [1.54, 1.807) is 0 Å². The van der Waals surface area contributed by atoms with Gasteiger partial charge in [0.25, 0.3) is 0 Å². The van der Waals surface area contributed by atoms with E-state index in [0.29, 0.717) is 6.61 Å². The molecule has 1 N–H and O–H groups in total. The molecule has 0 saturated carbocycles. The Kier molecular flexibility index (Phi) is 4.04. The quantitative estimate of drug-likeness (QED) is 0.913. The number of aliphatic hydroxyl groups excluding tert-OH is 1. The van der Waals surface area contributed by atoms with E-state index in [-0.39, 0.29) is 18.9 Å². The Morgan fingerprint density at radius 2 is 2.10 bits per heavy atom. The molecule has 2 aliphatic rings. The Bertz CT molecular complexity index is 498. The van der Waals surface area contributed by atoms with Gasteiger partial charge in [0.15, 0.2) is 0 Å². The fourth-order valence-electron chi connectivity index (χ4n) is 2.52. The second-order valence-corrected chi connectivity index (χ2v) is 4.94. The monoisotopic (exact) mass is 273 g/mol. The first-order valence-corrected chi connectivity index (χ1v) is 6.96. The summed E-state index contributed by atoms with van der Waals surface area (Å²) in [5.74, 6) is 0.936. The van der Waals surface area contributed by atoms with Crippen molar-refractivity contribution in [1.82, 2.24) is 4.90 Å². The molecule has 106 valence electrons. The number of allylic oxidation sites excluding steroid dienone is 2. The van der Waals surface area contributed by atoms with Crippen molar-refractivity contribution < 1.29 is 14.6 Å². The maximum absolute atomic E-state index is 8.96. The van der Waals surface area contributed by atoms with Crippen molar-refractivity contribution in [1.29, 1.82) is 0 Å². The number of fused-ring (bicyclic) bond motifs is 1. The lowest BCUT2D eigenvalue weighted by Crippen LogP contribution is -2.43. The van der Waals surface area contributed by atoms with Gasteiger partial charge in [-0.25, -0.2) is 0 Å². The summed E-state index contributed by atoms with van der Waals surface area (Å²) in [6.07, 6.45) is 6.43. The number of ether oxygens (including phenoxy) is 2. The second kappa shape index (κ2) is 6.11. The fraction of sp³-hybridized carbons (Fsp3) is 0.375. The molecule has 0 aromatic heterocycles. The minimum Gasteiger partial charge on any atom is -0.463 e. The van der Waals surface area contributed by atoms with Crippen LogP contribution in [0.25, 0.3) is 0 Å². The molecule has 2 atom stereocenters. The van der Waals surface area contributed by atoms with Crippen molar-refractivity contribution >= 4 is 0 Å². The fourth-order valence-corrected chi connectivity index (χ4v) is 2.52. The van der Waals surface area contributed by atoms with Crippen LogP contribution in [-0.4, -0.2) is 35.8 Å². The van der Waals surface area contributed by atoms with Gasteiger partial charge >= 0.3 is 0 Å². The number of hydrogen-bond acceptors (Lipinski definition) is 4. The van der Waals surface area contributed by atoms with Crippen LogP contribution in [0.3, 0.4) is 0 Å². The number of nitrogens with zero attached hydrogens (tertiary/aromatic N) is 1. The number of aliphatic hydroxyl groups is 1. The first-order valence-electron chi connectivity index (χ1n) is 6.96. The van der Waals surface area contributed by atoms with Crippen molar-refractivity contribution in [3.8, 4) is 0 Å². The molecule has 1 fully saturated rings. The van der Waals surface area contributed by atoms with Crippen LogP contribution in [0.4, 0.5) is 0 Å². The van der Waals surface area contributed by atoms with Gasteiger partial charge in [-0.2, -0.15) is 0 Å². The molecule has 4 heteroatoms. The first kappa shape index (κ1) is 13.2. The van der Waals surface area contributed by atoms with Crippen LogP contribution in [0.5, 0.6) is 0 Å². The molecule has 2 aliphatic heterocycles. The van der Waals surface area contributed by atoms with Crippen LogP contribution in [0, 0.1) is 0 Å². The molecular weight excluding hydrogens is 254 g/mol. The van der Waals surface area contributed by atoms with E-state index in [9.17, 15) is 0 Å². The molecule has 1 aromatic carbocycles. The predicted molar refractivity (Wildman–Crippen MR) is 75.6 cm³/mol. The Balaban J connectivity index is 1.70. The molecule has 1 saturated heterocycles. The van der Waals surface area contributed by atoms with Gasteiger partial charge in [-0.05, 0) is 24.8 Å². The molecule has 0 amide bonds. The average Bonchev–Trinajstić information content (AvgIpc) is 2.53. The summed E-state index contributed by atoms with van der Waals surface area (Å²) in [6, 6.07) is 10.1. The van der Waals surface area contributed by atoms with Crippen LogP contribution in [0.1, 0.15) is 18.3 Å². The van der Waals surface area contributed by atoms with Crippen molar-refractivity contribution in [2.45, 2.75) is 18.8 Å². The molecule has 0 bridgehead atoms. The van der Waals surface area contributed by atoms with Crippen LogP contribution in [0.2, 0.25) is 0 Å². The third-order valence-corrected chi connectivity index (χ3v) is 3.56. The van der Waals surface area contributed by atoms with Gasteiger partial charge in [-0.3, -0.25) is 0 Å². The number of benzene rings is 1. The smallest absolute Gasteiger partial charge is 0.226 e. The van der Waals surface area contributed by atoms with Crippen molar-refractivity contribution in [3.05, 3.63) is 60.0 Å². The maximum atomic E-state index is 8.96. The van der Waals surface area contributed by atoms with E-state index in [2.05, 4.69) is 4.90 Å². The summed E-state index contributed by atoms with van der Waals surface area (Å²) < 4.78 is 11.8. The van der Waals surface area contributed by atoms with E-state index >= 15 is 0 Å². The summed E-state index contributed by atoms with van der Waals surface area (Å²) >= 11 is 0. The Hall–Kier alpha value is -1.78. The number of rotatable bonds is 4. The molecule has 2 unspecified atom stereocenters. The lowest BCUT2D eigenvalue weighted by molar-refractivity contribution is -0.173. The second-order valence-electron chi connectivity index (χ2n) is 4.94. The Morgan fingerprint density at radius 1 is 1.25 bits per heavy atom. The van der Waals surface area contributed by atoms with Crippen LogP contribution < -0.4 is 0 Å². The highest BCUT2D eigenvalue weighted by atomic mass is 16.7. The van der Waals surface area contributed by atoms with Gasteiger partial charge in [-0.1, -0.05) is 30.3 Å². The summed E-state index contributed by atoms with van der Waals surface area (Å²) in [5, 5.41) is 8.96. The minimum absolute atomic E-state index is 0.117. The van der Waals surface area contributed by atoms with Crippen LogP contribution >= 0.6 is 0 Å². The molecule has 4 nitrogen and oxygen atoms in total. The van der Waals surface area contributed by atoms with Crippen LogP contribution in [0.15, 0.2) is 54.4 Å². The van der Waals surface area contributed by atoms with Crippen molar-refractivity contribution in [2.75, 3.05) is 19.8 Å². The highest BCUT2D eigenvalue weighted by Gasteiger charge is 2.32. The highest BCUT2D eigenvalue weighted by Crippen LogP contribution is 2.32. The van der Waals surface area contributed by atoms with Gasteiger partial charge in [-0.15, -0.1) is 0 Å². The zero-order valence-corrected chi connectivity index (χ0v) is 11.3. The molecule has 20 heavy (non-hydrogen) atoms. The zero-order valence-electron chi connectivity index (χ0n) is 11.3. The molecule has 0 aliphatic carbocycles. The molecule has 2 heterocycles. The topological polar surface area (TPSA) is 41.9 Å². The first-order chi connectivity index (χ1) is 9.88. The Morgan fingerprint density at radius 3 is 2.90 bits per heavy atom. The maximum Gasteiger partial charge on any atom is 0.226 e. The van der Waals surface area contributed by atoms with Crippen molar-refractivity contribution in [3.63, 3.8) is 0 Å². The summed E-state index contributed by atoms with van der Waals surface area (Å²) in [5.41, 5.74) is 1.03. The van der Waals surface area contributed by atoms with Gasteiger partial charge in [0.1, 0.15) is 11.8 Å². The van der Waals surface area contributed by atoms with E-state index in [1.807, 2.05) is 48.7 Å². The minimum atomic E-state index is -0.329. The zero-order chi connectivity index (χ0) is 13.8. The third-order valence-electron chi connectivity index (χ3n) is 3.56. The predicted octanol–water partition coefficient (Wildman–Crippen LogP) is 2.20. The van der Waals surface area contributed by atoms with E-state index < -0.39 is 0 Å². The van der Waals surface area contributed by atoms with Gasteiger partial charge in [0.2, 0.25) is 6.29 Å². The van der Waals surface area contributed by atoms with Gasteiger partial charge in [0, 0.05) is 18.7 Å². The summed E-state index contributed by atoms with van der Waals surface area (Å²) in [4.78, 5) is 2.16. The molecule has 1 aromatic rings. The largest absolute Gasteiger partial charge is 0.463 e. The van der Waals surface area contributed by atoms with E-state index in [0.717, 1.165) is 24.3 Å². The molecule has 0 spiro atoms. The summed E-state index contributed by atoms with van der Waals surface area (Å²) in [6.45, 7) is 1.60. The lowest BCUT2D eigenvalue weighted by atomic mass is 10.1. The SMILES string of the molecule is OCCCN1C=CC=C2OC(c3ccccc3)OCC21. The van der Waals surface area contributed by atoms with E-state index in [1.165, 1.54) is 0 Å². The molecule has 0 radical (unpaired) electrons. The summed E-state index contributed by atoms with van der Waals surface area (Å²) in [7, 11) is 0. The Labute approximate surface area is 118 Å². The lowest BCUT2D eigenvalue weighted by Gasteiger charge is -2.39. The normalized spacial score (nSPS) is 24.9.